The molecule has 1 aromatic carbocycles. The number of halogens is 1. The monoisotopic (exact) mass is 345 g/mol. The van der Waals surface area contributed by atoms with Gasteiger partial charge in [-0.1, -0.05) is 18.2 Å². The van der Waals surface area contributed by atoms with Gasteiger partial charge in [0.1, 0.15) is 11.5 Å². The van der Waals surface area contributed by atoms with E-state index in [1.54, 1.807) is 12.1 Å². The topological polar surface area (TPSA) is 144 Å². The van der Waals surface area contributed by atoms with E-state index in [0.717, 1.165) is 5.69 Å². The minimum atomic E-state index is -3.67. The van der Waals surface area contributed by atoms with Gasteiger partial charge < -0.3 is 11.5 Å². The number of nitrogen functional groups attached to an aromatic ring is 2. The third-order valence-electron chi connectivity index (χ3n) is 1.95. The van der Waals surface area contributed by atoms with Gasteiger partial charge in [0.2, 0.25) is 0 Å². The van der Waals surface area contributed by atoms with Crippen molar-refractivity contribution in [2.24, 2.45) is 10.2 Å². The first-order valence-corrected chi connectivity index (χ1v) is 7.52. The highest BCUT2D eigenvalue weighted by atomic mass is 35.5. The van der Waals surface area contributed by atoms with Crippen molar-refractivity contribution in [2.75, 3.05) is 17.7 Å². The van der Waals surface area contributed by atoms with E-state index in [0.29, 0.717) is 17.8 Å². The van der Waals surface area contributed by atoms with Gasteiger partial charge in [0.05, 0.1) is 11.9 Å². The van der Waals surface area contributed by atoms with Crippen LogP contribution in [-0.2, 0) is 10.1 Å². The minimum absolute atomic E-state index is 0. The van der Waals surface area contributed by atoms with E-state index in [2.05, 4.69) is 15.2 Å². The Morgan fingerprint density at radius 1 is 1.05 bits per heavy atom. The molecule has 0 saturated heterocycles. The van der Waals surface area contributed by atoms with Crippen LogP contribution in [-0.4, -0.2) is 24.2 Å². The molecule has 5 N–H and O–H groups in total. The van der Waals surface area contributed by atoms with Crippen molar-refractivity contribution in [3.63, 3.8) is 0 Å². The molecule has 1 heterocycles. The standard InChI is InChI=1S/C11H11N5.CH4O3S.ClH/c12-10-7-6-9(11(13)14-10)16-15-8-4-2-1-3-5-8;1-5(2,3)4;/h1-7H,(H4,12,13,14);1H3,(H,2,3,4);1H/b16-15+;;. The number of pyridine rings is 1. The van der Waals surface area contributed by atoms with Crippen LogP contribution in [0.4, 0.5) is 23.0 Å². The van der Waals surface area contributed by atoms with Crippen molar-refractivity contribution in [2.45, 2.75) is 0 Å². The number of aromatic nitrogens is 1. The van der Waals surface area contributed by atoms with Gasteiger partial charge in [-0.15, -0.1) is 17.5 Å². The molecule has 0 amide bonds. The number of benzene rings is 1. The van der Waals surface area contributed by atoms with E-state index < -0.39 is 10.1 Å². The number of azo groups is 1. The molecule has 0 spiro atoms. The summed E-state index contributed by atoms with van der Waals surface area (Å²) in [6, 6.07) is 12.7. The molecule has 1 aromatic heterocycles. The zero-order chi connectivity index (χ0) is 15.9. The van der Waals surface area contributed by atoms with Gasteiger partial charge in [-0.25, -0.2) is 4.98 Å². The maximum absolute atomic E-state index is 9.19. The number of nitrogens with two attached hydrogens (primary N) is 2. The van der Waals surface area contributed by atoms with Crippen LogP contribution in [0.5, 0.6) is 0 Å². The van der Waals surface area contributed by atoms with Crippen LogP contribution in [0.3, 0.4) is 0 Å². The van der Waals surface area contributed by atoms with Crippen molar-refractivity contribution in [1.29, 1.82) is 0 Å². The number of rotatable bonds is 2. The zero-order valence-corrected chi connectivity index (χ0v) is 13.3. The molecule has 22 heavy (non-hydrogen) atoms. The molecule has 0 saturated carbocycles. The Morgan fingerprint density at radius 2 is 1.59 bits per heavy atom. The van der Waals surface area contributed by atoms with Gasteiger partial charge in [-0.05, 0) is 24.3 Å². The number of anilines is 2. The van der Waals surface area contributed by atoms with Crippen molar-refractivity contribution in [1.82, 2.24) is 4.98 Å². The molecule has 8 nitrogen and oxygen atoms in total. The third-order valence-corrected chi connectivity index (χ3v) is 1.95. The van der Waals surface area contributed by atoms with Crippen molar-refractivity contribution < 1.29 is 13.0 Å². The predicted octanol–water partition coefficient (Wildman–Crippen LogP) is 2.59. The summed E-state index contributed by atoms with van der Waals surface area (Å²) in [5.41, 5.74) is 12.4. The lowest BCUT2D eigenvalue weighted by Gasteiger charge is -1.98. The summed E-state index contributed by atoms with van der Waals surface area (Å²) in [6.45, 7) is 0. The highest BCUT2D eigenvalue weighted by Gasteiger charge is 1.98. The summed E-state index contributed by atoms with van der Waals surface area (Å²) in [6.07, 6.45) is 0.715. The summed E-state index contributed by atoms with van der Waals surface area (Å²) in [7, 11) is -3.67. The van der Waals surface area contributed by atoms with Gasteiger partial charge in [0.25, 0.3) is 10.1 Å². The van der Waals surface area contributed by atoms with Crippen LogP contribution < -0.4 is 11.5 Å². The fourth-order valence-electron chi connectivity index (χ4n) is 1.17. The Kier molecular flexibility index (Phi) is 8.02. The van der Waals surface area contributed by atoms with Crippen LogP contribution in [0.15, 0.2) is 52.7 Å². The van der Waals surface area contributed by atoms with Gasteiger partial charge in [-0.2, -0.15) is 13.5 Å². The summed E-state index contributed by atoms with van der Waals surface area (Å²) >= 11 is 0. The number of nitrogens with zero attached hydrogens (tertiary/aromatic N) is 3. The van der Waals surface area contributed by atoms with E-state index in [1.807, 2.05) is 30.3 Å². The Hall–Kier alpha value is -2.23. The molecule has 120 valence electrons. The average Bonchev–Trinajstić information content (AvgIpc) is 2.37. The highest BCUT2D eigenvalue weighted by molar-refractivity contribution is 7.85. The first-order valence-electron chi connectivity index (χ1n) is 5.67. The smallest absolute Gasteiger partial charge is 0.261 e. The van der Waals surface area contributed by atoms with Gasteiger partial charge in [0, 0.05) is 0 Å². The van der Waals surface area contributed by atoms with E-state index >= 15 is 0 Å². The third kappa shape index (κ3) is 8.84. The van der Waals surface area contributed by atoms with Crippen LogP contribution in [0.25, 0.3) is 0 Å². The number of hydrogen-bond donors (Lipinski definition) is 3. The van der Waals surface area contributed by atoms with Crippen LogP contribution in [0, 0.1) is 0 Å². The van der Waals surface area contributed by atoms with Crippen LogP contribution in [0.2, 0.25) is 0 Å². The average molecular weight is 346 g/mol. The maximum atomic E-state index is 9.19. The Morgan fingerprint density at radius 3 is 2.09 bits per heavy atom. The second kappa shape index (κ2) is 8.93. The molecule has 2 rings (SSSR count). The molecule has 0 aliphatic heterocycles. The number of hydrogen-bond acceptors (Lipinski definition) is 7. The summed E-state index contributed by atoms with van der Waals surface area (Å²) in [5, 5.41) is 8.03. The molecular formula is C12H16ClN5O3S. The second-order valence-corrected chi connectivity index (χ2v) is 5.38. The van der Waals surface area contributed by atoms with E-state index in [4.69, 9.17) is 16.0 Å². The lowest BCUT2D eigenvalue weighted by Crippen LogP contribution is -1.95. The lowest BCUT2D eigenvalue weighted by atomic mass is 10.3. The Labute approximate surface area is 134 Å². The summed E-state index contributed by atoms with van der Waals surface area (Å²) < 4.78 is 25.9. The quantitative estimate of drug-likeness (QED) is 0.563. The van der Waals surface area contributed by atoms with E-state index in [9.17, 15) is 8.42 Å². The van der Waals surface area contributed by atoms with Gasteiger partial charge in [-0.3, -0.25) is 4.55 Å². The molecule has 0 bridgehead atoms. The molecule has 2 aromatic rings. The lowest BCUT2D eigenvalue weighted by molar-refractivity contribution is 0.490. The van der Waals surface area contributed by atoms with Gasteiger partial charge in [0.15, 0.2) is 5.82 Å². The second-order valence-electron chi connectivity index (χ2n) is 3.91. The van der Waals surface area contributed by atoms with Crippen molar-refractivity contribution >= 4 is 45.5 Å². The van der Waals surface area contributed by atoms with Crippen molar-refractivity contribution in [3.05, 3.63) is 42.5 Å². The first-order chi connectivity index (χ1) is 9.75. The molecule has 0 unspecified atom stereocenters. The SMILES string of the molecule is CS(=O)(=O)O.Cl.Nc1ccc(/N=N/c2ccccc2)c(N)n1. The largest absolute Gasteiger partial charge is 0.384 e. The zero-order valence-electron chi connectivity index (χ0n) is 11.6. The summed E-state index contributed by atoms with van der Waals surface area (Å²) in [4.78, 5) is 3.89. The molecule has 10 heteroatoms. The molecular weight excluding hydrogens is 330 g/mol. The predicted molar refractivity (Wildman–Crippen MR) is 88.4 cm³/mol. The van der Waals surface area contributed by atoms with Crippen LogP contribution in [0.1, 0.15) is 0 Å². The van der Waals surface area contributed by atoms with Crippen molar-refractivity contribution in [3.8, 4) is 0 Å². The molecule has 0 fully saturated rings. The molecule has 0 radical (unpaired) electrons. The Balaban J connectivity index is 0.000000644. The fraction of sp³-hybridized carbons (Fsp3) is 0.0833. The highest BCUT2D eigenvalue weighted by Crippen LogP contribution is 2.23. The normalized spacial score (nSPS) is 10.5. The maximum Gasteiger partial charge on any atom is 0.261 e. The van der Waals surface area contributed by atoms with E-state index in [1.165, 1.54) is 0 Å². The minimum Gasteiger partial charge on any atom is -0.384 e. The van der Waals surface area contributed by atoms with Crippen LogP contribution >= 0.6 is 12.4 Å². The molecule has 0 aliphatic carbocycles. The Bertz CT molecular complexity index is 715. The molecule has 0 aliphatic rings. The fourth-order valence-corrected chi connectivity index (χ4v) is 1.17. The first kappa shape index (κ1) is 19.8. The summed E-state index contributed by atoms with van der Waals surface area (Å²) in [5.74, 6) is 0.649. The van der Waals surface area contributed by atoms with Gasteiger partial charge >= 0.3 is 0 Å². The van der Waals surface area contributed by atoms with E-state index in [-0.39, 0.29) is 18.2 Å². The molecule has 0 atom stereocenters.